The SMILES string of the molecule is C[C@@H]1CCCC[C@H]1CN1CCOC2(CCOCC2)C1. The van der Waals surface area contributed by atoms with Crippen molar-refractivity contribution in [1.29, 1.82) is 0 Å². The van der Waals surface area contributed by atoms with E-state index in [2.05, 4.69) is 11.8 Å². The minimum Gasteiger partial charge on any atom is -0.381 e. The van der Waals surface area contributed by atoms with E-state index in [1.165, 1.54) is 32.2 Å². The Hall–Kier alpha value is -0.120. The highest BCUT2D eigenvalue weighted by Gasteiger charge is 2.39. The van der Waals surface area contributed by atoms with Crippen LogP contribution in [0.1, 0.15) is 45.4 Å². The molecule has 3 fully saturated rings. The highest BCUT2D eigenvalue weighted by molar-refractivity contribution is 4.90. The Kier molecular flexibility index (Phi) is 4.45. The van der Waals surface area contributed by atoms with E-state index in [9.17, 15) is 0 Å². The molecule has 0 aromatic carbocycles. The fourth-order valence-corrected chi connectivity index (χ4v) is 4.12. The minimum atomic E-state index is 0.119. The first-order valence-electron chi connectivity index (χ1n) is 8.21. The monoisotopic (exact) mass is 267 g/mol. The summed E-state index contributed by atoms with van der Waals surface area (Å²) in [7, 11) is 0. The molecule has 1 spiro atoms. The van der Waals surface area contributed by atoms with Gasteiger partial charge >= 0.3 is 0 Å². The van der Waals surface area contributed by atoms with Crippen LogP contribution in [0.3, 0.4) is 0 Å². The smallest absolute Gasteiger partial charge is 0.0853 e. The lowest BCUT2D eigenvalue weighted by Gasteiger charge is -2.46. The third-order valence-electron chi connectivity index (χ3n) is 5.51. The summed E-state index contributed by atoms with van der Waals surface area (Å²) in [6.45, 7) is 8.70. The minimum absolute atomic E-state index is 0.119. The molecular weight excluding hydrogens is 238 g/mol. The van der Waals surface area contributed by atoms with Crippen molar-refractivity contribution in [2.45, 2.75) is 51.0 Å². The summed E-state index contributed by atoms with van der Waals surface area (Å²) in [6, 6.07) is 0. The average molecular weight is 267 g/mol. The van der Waals surface area contributed by atoms with Gasteiger partial charge in [0, 0.05) is 45.7 Å². The van der Waals surface area contributed by atoms with Gasteiger partial charge in [0.15, 0.2) is 0 Å². The first-order chi connectivity index (χ1) is 9.27. The van der Waals surface area contributed by atoms with E-state index < -0.39 is 0 Å². The maximum absolute atomic E-state index is 6.13. The lowest BCUT2D eigenvalue weighted by molar-refractivity contribution is -0.156. The lowest BCUT2D eigenvalue weighted by Crippen LogP contribution is -2.55. The zero-order chi connectivity index (χ0) is 13.1. The van der Waals surface area contributed by atoms with Gasteiger partial charge in [-0.05, 0) is 18.3 Å². The molecule has 3 rings (SSSR count). The number of nitrogens with zero attached hydrogens (tertiary/aromatic N) is 1. The molecule has 0 radical (unpaired) electrons. The quantitative estimate of drug-likeness (QED) is 0.768. The second-order valence-electron chi connectivity index (χ2n) is 6.90. The fourth-order valence-electron chi connectivity index (χ4n) is 4.12. The van der Waals surface area contributed by atoms with E-state index in [1.807, 2.05) is 0 Å². The molecule has 0 unspecified atom stereocenters. The molecule has 0 aromatic heterocycles. The molecular formula is C16H29NO2. The van der Waals surface area contributed by atoms with Crippen molar-refractivity contribution in [3.8, 4) is 0 Å². The molecule has 0 amide bonds. The van der Waals surface area contributed by atoms with Gasteiger partial charge in [-0.3, -0.25) is 4.90 Å². The molecule has 3 nitrogen and oxygen atoms in total. The second-order valence-corrected chi connectivity index (χ2v) is 6.90. The fraction of sp³-hybridized carbons (Fsp3) is 1.00. The van der Waals surface area contributed by atoms with Crippen molar-refractivity contribution in [2.75, 3.05) is 39.5 Å². The normalized spacial score (nSPS) is 36.5. The summed E-state index contributed by atoms with van der Waals surface area (Å²) in [4.78, 5) is 2.68. The van der Waals surface area contributed by atoms with Crippen LogP contribution in [0.15, 0.2) is 0 Å². The lowest BCUT2D eigenvalue weighted by atomic mass is 9.80. The van der Waals surface area contributed by atoms with Gasteiger partial charge in [-0.2, -0.15) is 0 Å². The van der Waals surface area contributed by atoms with Crippen molar-refractivity contribution in [3.05, 3.63) is 0 Å². The number of hydrogen-bond donors (Lipinski definition) is 0. The number of rotatable bonds is 2. The Morgan fingerprint density at radius 1 is 1.11 bits per heavy atom. The molecule has 3 aliphatic rings. The summed E-state index contributed by atoms with van der Waals surface area (Å²) in [6.07, 6.45) is 7.94. The van der Waals surface area contributed by atoms with Crippen molar-refractivity contribution in [2.24, 2.45) is 11.8 Å². The largest absolute Gasteiger partial charge is 0.381 e. The van der Waals surface area contributed by atoms with E-state index >= 15 is 0 Å². The standard InChI is InChI=1S/C16H29NO2/c1-14-4-2-3-5-15(14)12-17-8-11-19-16(13-17)6-9-18-10-7-16/h14-15H,2-13H2,1H3/t14-,15+/m1/s1. The Bertz CT molecular complexity index is 283. The van der Waals surface area contributed by atoms with Crippen molar-refractivity contribution >= 4 is 0 Å². The molecule has 0 bridgehead atoms. The summed E-state index contributed by atoms with van der Waals surface area (Å²) in [5.74, 6) is 1.84. The van der Waals surface area contributed by atoms with Crippen LogP contribution in [-0.4, -0.2) is 50.0 Å². The molecule has 1 aliphatic carbocycles. The first-order valence-corrected chi connectivity index (χ1v) is 8.21. The molecule has 19 heavy (non-hydrogen) atoms. The van der Waals surface area contributed by atoms with Crippen LogP contribution in [0, 0.1) is 11.8 Å². The molecule has 1 saturated carbocycles. The maximum Gasteiger partial charge on any atom is 0.0853 e. The van der Waals surface area contributed by atoms with E-state index in [-0.39, 0.29) is 5.60 Å². The van der Waals surface area contributed by atoms with Crippen LogP contribution in [0.4, 0.5) is 0 Å². The van der Waals surface area contributed by atoms with E-state index in [4.69, 9.17) is 9.47 Å². The van der Waals surface area contributed by atoms with Gasteiger partial charge in [0.2, 0.25) is 0 Å². The van der Waals surface area contributed by atoms with Crippen LogP contribution in [0.5, 0.6) is 0 Å². The molecule has 2 atom stereocenters. The van der Waals surface area contributed by atoms with Gasteiger partial charge in [-0.1, -0.05) is 26.2 Å². The zero-order valence-electron chi connectivity index (χ0n) is 12.4. The Morgan fingerprint density at radius 3 is 2.68 bits per heavy atom. The number of ether oxygens (including phenoxy) is 2. The zero-order valence-corrected chi connectivity index (χ0v) is 12.4. The molecule has 2 aliphatic heterocycles. The Morgan fingerprint density at radius 2 is 1.89 bits per heavy atom. The van der Waals surface area contributed by atoms with Crippen LogP contribution in [0.25, 0.3) is 0 Å². The summed E-state index contributed by atoms with van der Waals surface area (Å²) in [5, 5.41) is 0. The van der Waals surface area contributed by atoms with Gasteiger partial charge < -0.3 is 9.47 Å². The second kappa shape index (κ2) is 6.11. The van der Waals surface area contributed by atoms with Crippen LogP contribution >= 0.6 is 0 Å². The summed E-state index contributed by atoms with van der Waals surface area (Å²) >= 11 is 0. The van der Waals surface area contributed by atoms with Crippen molar-refractivity contribution in [1.82, 2.24) is 4.90 Å². The predicted molar refractivity (Wildman–Crippen MR) is 76.3 cm³/mol. The third kappa shape index (κ3) is 3.32. The maximum atomic E-state index is 6.13. The molecule has 2 saturated heterocycles. The van der Waals surface area contributed by atoms with Gasteiger partial charge in [0.1, 0.15) is 0 Å². The van der Waals surface area contributed by atoms with Gasteiger partial charge in [0.05, 0.1) is 12.2 Å². The molecule has 3 heteroatoms. The van der Waals surface area contributed by atoms with E-state index in [0.29, 0.717) is 0 Å². The predicted octanol–water partition coefficient (Wildman–Crippen LogP) is 2.69. The van der Waals surface area contributed by atoms with Gasteiger partial charge in [-0.25, -0.2) is 0 Å². The van der Waals surface area contributed by atoms with Crippen LogP contribution in [-0.2, 0) is 9.47 Å². The van der Waals surface area contributed by atoms with Crippen LogP contribution < -0.4 is 0 Å². The topological polar surface area (TPSA) is 21.7 Å². The Balaban J connectivity index is 1.55. The van der Waals surface area contributed by atoms with E-state index in [1.54, 1.807) is 0 Å². The molecule has 0 N–H and O–H groups in total. The summed E-state index contributed by atoms with van der Waals surface area (Å²) in [5.41, 5.74) is 0.119. The highest BCUT2D eigenvalue weighted by Crippen LogP contribution is 2.33. The summed E-state index contributed by atoms with van der Waals surface area (Å²) < 4.78 is 11.6. The number of hydrogen-bond acceptors (Lipinski definition) is 3. The van der Waals surface area contributed by atoms with E-state index in [0.717, 1.165) is 57.6 Å². The Labute approximate surface area is 117 Å². The molecule has 0 aromatic rings. The highest BCUT2D eigenvalue weighted by atomic mass is 16.5. The third-order valence-corrected chi connectivity index (χ3v) is 5.51. The van der Waals surface area contributed by atoms with Gasteiger partial charge in [0.25, 0.3) is 0 Å². The number of morpholine rings is 1. The first kappa shape index (κ1) is 13.8. The van der Waals surface area contributed by atoms with Crippen molar-refractivity contribution in [3.63, 3.8) is 0 Å². The molecule has 2 heterocycles. The molecule has 110 valence electrons. The van der Waals surface area contributed by atoms with Crippen LogP contribution in [0.2, 0.25) is 0 Å². The van der Waals surface area contributed by atoms with Crippen molar-refractivity contribution < 1.29 is 9.47 Å². The average Bonchev–Trinajstić information content (AvgIpc) is 2.42. The van der Waals surface area contributed by atoms with Gasteiger partial charge in [-0.15, -0.1) is 0 Å².